The molecule has 2 heterocycles. The number of aliphatic hydroxyl groups excluding tert-OH is 1. The molecule has 2 rings (SSSR count). The molecule has 0 radical (unpaired) electrons. The Kier molecular flexibility index (Phi) is 3.72. The van der Waals surface area contributed by atoms with Crippen molar-refractivity contribution in [1.82, 2.24) is 4.37 Å². The molecule has 1 fully saturated rings. The van der Waals surface area contributed by atoms with E-state index < -0.39 is 5.91 Å². The van der Waals surface area contributed by atoms with E-state index in [2.05, 4.69) is 9.27 Å². The average molecular weight is 270 g/mol. The summed E-state index contributed by atoms with van der Waals surface area (Å²) in [7, 11) is 0. The molecule has 1 aromatic heterocycles. The molecule has 0 aliphatic carbocycles. The molecule has 1 aliphatic rings. The Balaban J connectivity index is 2.13. The number of aromatic nitrogens is 1. The number of nitrogens with zero attached hydrogens (tertiary/aromatic N) is 2. The zero-order valence-corrected chi connectivity index (χ0v) is 11.1. The highest BCUT2D eigenvalue weighted by atomic mass is 32.1. The van der Waals surface area contributed by atoms with Crippen molar-refractivity contribution in [3.8, 4) is 0 Å². The van der Waals surface area contributed by atoms with Crippen LogP contribution in [0.5, 0.6) is 0 Å². The summed E-state index contributed by atoms with van der Waals surface area (Å²) in [6, 6.07) is 0. The molecule has 18 heavy (non-hydrogen) atoms. The van der Waals surface area contributed by atoms with Gasteiger partial charge in [0, 0.05) is 13.1 Å². The molecule has 0 aromatic carbocycles. The molecule has 6 nitrogen and oxygen atoms in total. The fourth-order valence-corrected chi connectivity index (χ4v) is 3.20. The van der Waals surface area contributed by atoms with E-state index in [1.807, 2.05) is 6.92 Å². The number of amides is 1. The molecule has 1 unspecified atom stereocenters. The second kappa shape index (κ2) is 5.11. The van der Waals surface area contributed by atoms with Crippen LogP contribution in [0.25, 0.3) is 0 Å². The van der Waals surface area contributed by atoms with Gasteiger partial charge in [-0.3, -0.25) is 4.79 Å². The topological polar surface area (TPSA) is 105 Å². The third-order valence-electron chi connectivity index (χ3n) is 3.46. The Bertz CT molecular complexity index is 438. The van der Waals surface area contributed by atoms with Crippen LogP contribution in [0.4, 0.5) is 10.8 Å². The van der Waals surface area contributed by atoms with E-state index in [4.69, 9.17) is 11.5 Å². The summed E-state index contributed by atoms with van der Waals surface area (Å²) in [5, 5.41) is 10.3. The number of primary amides is 1. The van der Waals surface area contributed by atoms with Gasteiger partial charge >= 0.3 is 0 Å². The molecule has 100 valence electrons. The van der Waals surface area contributed by atoms with E-state index in [1.165, 1.54) is 11.5 Å². The normalized spacial score (nSPS) is 18.9. The van der Waals surface area contributed by atoms with E-state index in [-0.39, 0.29) is 11.9 Å². The van der Waals surface area contributed by atoms with Gasteiger partial charge in [-0.25, -0.2) is 0 Å². The number of anilines is 2. The maximum absolute atomic E-state index is 11.4. The van der Waals surface area contributed by atoms with E-state index in [9.17, 15) is 9.90 Å². The molecule has 1 amide bonds. The third kappa shape index (κ3) is 2.41. The SMILES string of the molecule is CC(O)C1CCN(c2snc(N)c2C(N)=O)CC1. The lowest BCUT2D eigenvalue weighted by atomic mass is 9.92. The summed E-state index contributed by atoms with van der Waals surface area (Å²) in [6.07, 6.45) is 1.51. The molecule has 0 saturated carbocycles. The number of hydrogen-bond acceptors (Lipinski definition) is 6. The molecular formula is C11H18N4O2S. The molecule has 1 aromatic rings. The lowest BCUT2D eigenvalue weighted by Crippen LogP contribution is -2.37. The second-order valence-corrected chi connectivity index (χ2v) is 5.43. The Morgan fingerprint density at radius 2 is 2.17 bits per heavy atom. The fraction of sp³-hybridized carbons (Fsp3) is 0.636. The van der Waals surface area contributed by atoms with E-state index >= 15 is 0 Å². The van der Waals surface area contributed by atoms with Crippen LogP contribution >= 0.6 is 11.5 Å². The molecule has 7 heteroatoms. The zero-order valence-electron chi connectivity index (χ0n) is 10.3. The van der Waals surface area contributed by atoms with Crippen LogP contribution < -0.4 is 16.4 Å². The first kappa shape index (κ1) is 13.1. The van der Waals surface area contributed by atoms with Gasteiger partial charge < -0.3 is 21.5 Å². The number of aliphatic hydroxyl groups is 1. The first-order valence-corrected chi connectivity index (χ1v) is 6.76. The van der Waals surface area contributed by atoms with E-state index in [0.717, 1.165) is 30.9 Å². The van der Waals surface area contributed by atoms with E-state index in [1.54, 1.807) is 0 Å². The number of hydrogen-bond donors (Lipinski definition) is 3. The first-order valence-electron chi connectivity index (χ1n) is 5.98. The maximum Gasteiger partial charge on any atom is 0.255 e. The monoisotopic (exact) mass is 270 g/mol. The molecule has 0 bridgehead atoms. The van der Waals surface area contributed by atoms with Crippen LogP contribution in [-0.4, -0.2) is 34.6 Å². The number of carbonyl (C=O) groups excluding carboxylic acids is 1. The highest BCUT2D eigenvalue weighted by Gasteiger charge is 2.27. The molecule has 1 saturated heterocycles. The van der Waals surface area contributed by atoms with Crippen molar-refractivity contribution in [1.29, 1.82) is 0 Å². The van der Waals surface area contributed by atoms with Gasteiger partial charge in [-0.05, 0) is 37.2 Å². The van der Waals surface area contributed by atoms with E-state index in [0.29, 0.717) is 11.5 Å². The predicted octanol–water partition coefficient (Wildman–Crippen LogP) is 0.421. The summed E-state index contributed by atoms with van der Waals surface area (Å²) in [5.41, 5.74) is 11.3. The number of carbonyl (C=O) groups is 1. The van der Waals surface area contributed by atoms with Crippen LogP contribution in [0.2, 0.25) is 0 Å². The molecular weight excluding hydrogens is 252 g/mol. The minimum absolute atomic E-state index is 0.208. The van der Waals surface area contributed by atoms with Crippen LogP contribution in [0.15, 0.2) is 0 Å². The number of nitrogens with two attached hydrogens (primary N) is 2. The molecule has 1 aliphatic heterocycles. The quantitative estimate of drug-likeness (QED) is 0.738. The van der Waals surface area contributed by atoms with Gasteiger partial charge in [0.2, 0.25) is 0 Å². The van der Waals surface area contributed by atoms with Crippen LogP contribution in [0, 0.1) is 5.92 Å². The van der Waals surface area contributed by atoms with Gasteiger partial charge in [0.05, 0.1) is 6.10 Å². The second-order valence-electron chi connectivity index (χ2n) is 4.68. The van der Waals surface area contributed by atoms with Crippen molar-refractivity contribution in [2.24, 2.45) is 11.7 Å². The largest absolute Gasteiger partial charge is 0.393 e. The smallest absolute Gasteiger partial charge is 0.255 e. The maximum atomic E-state index is 11.4. The highest BCUT2D eigenvalue weighted by Crippen LogP contribution is 2.33. The van der Waals surface area contributed by atoms with Crippen molar-refractivity contribution in [2.45, 2.75) is 25.9 Å². The minimum Gasteiger partial charge on any atom is -0.393 e. The lowest BCUT2D eigenvalue weighted by Gasteiger charge is -2.33. The van der Waals surface area contributed by atoms with Gasteiger partial charge in [0.15, 0.2) is 5.82 Å². The predicted molar refractivity (Wildman–Crippen MR) is 71.7 cm³/mol. The molecule has 1 atom stereocenters. The third-order valence-corrected chi connectivity index (χ3v) is 4.38. The zero-order chi connectivity index (χ0) is 13.3. The summed E-state index contributed by atoms with van der Waals surface area (Å²) in [5.74, 6) is -0.00223. The Morgan fingerprint density at radius 1 is 1.56 bits per heavy atom. The van der Waals surface area contributed by atoms with Crippen molar-refractivity contribution < 1.29 is 9.90 Å². The van der Waals surface area contributed by atoms with Gasteiger partial charge in [-0.15, -0.1) is 0 Å². The summed E-state index contributed by atoms with van der Waals surface area (Å²) >= 11 is 1.21. The molecule has 0 spiro atoms. The lowest BCUT2D eigenvalue weighted by molar-refractivity contribution is 0.0999. The standard InChI is InChI=1S/C11H18N4O2S/c1-6(16)7-2-4-15(5-3-7)11-8(10(13)17)9(12)14-18-11/h6-7,16H,2-5H2,1H3,(H2,12,14)(H2,13,17). The highest BCUT2D eigenvalue weighted by molar-refractivity contribution is 7.11. The van der Waals surface area contributed by atoms with Crippen molar-refractivity contribution in [3.05, 3.63) is 5.56 Å². The Morgan fingerprint density at radius 3 is 2.67 bits per heavy atom. The van der Waals surface area contributed by atoms with Crippen LogP contribution in [0.3, 0.4) is 0 Å². The Labute approximate surface area is 110 Å². The van der Waals surface area contributed by atoms with Crippen LogP contribution in [0.1, 0.15) is 30.1 Å². The Hall–Kier alpha value is -1.34. The first-order chi connectivity index (χ1) is 8.50. The van der Waals surface area contributed by atoms with Gasteiger partial charge in [0.1, 0.15) is 10.6 Å². The summed E-state index contributed by atoms with van der Waals surface area (Å²) < 4.78 is 3.99. The fourth-order valence-electron chi connectivity index (χ4n) is 2.33. The summed E-state index contributed by atoms with van der Waals surface area (Å²) in [4.78, 5) is 13.4. The van der Waals surface area contributed by atoms with Crippen molar-refractivity contribution in [3.63, 3.8) is 0 Å². The number of rotatable bonds is 3. The van der Waals surface area contributed by atoms with Crippen LogP contribution in [-0.2, 0) is 0 Å². The van der Waals surface area contributed by atoms with Crippen molar-refractivity contribution >= 4 is 28.3 Å². The van der Waals surface area contributed by atoms with Gasteiger partial charge in [0.25, 0.3) is 5.91 Å². The summed E-state index contributed by atoms with van der Waals surface area (Å²) in [6.45, 7) is 3.40. The number of piperidine rings is 1. The molecule has 5 N–H and O–H groups in total. The van der Waals surface area contributed by atoms with Gasteiger partial charge in [-0.1, -0.05) is 0 Å². The number of nitrogen functional groups attached to an aromatic ring is 1. The van der Waals surface area contributed by atoms with Gasteiger partial charge in [-0.2, -0.15) is 4.37 Å². The average Bonchev–Trinajstić information content (AvgIpc) is 2.71. The minimum atomic E-state index is -0.533. The van der Waals surface area contributed by atoms with Crippen molar-refractivity contribution in [2.75, 3.05) is 23.7 Å².